The van der Waals surface area contributed by atoms with E-state index in [2.05, 4.69) is 31.2 Å². The number of aliphatic carboxylic acids is 1. The third-order valence-electron chi connectivity index (χ3n) is 10.5. The number of hydrogen-bond donors (Lipinski definition) is 6. The van der Waals surface area contributed by atoms with Crippen LogP contribution < -0.4 is 21.3 Å². The number of rotatable bonds is 15. The van der Waals surface area contributed by atoms with Crippen LogP contribution in [0.1, 0.15) is 98.3 Å². The van der Waals surface area contributed by atoms with Crippen LogP contribution in [0.25, 0.3) is 11.1 Å². The summed E-state index contributed by atoms with van der Waals surface area (Å²) in [5, 5.41) is 31.2. The van der Waals surface area contributed by atoms with Crippen LogP contribution >= 0.6 is 0 Å². The van der Waals surface area contributed by atoms with Crippen LogP contribution in [-0.2, 0) is 22.6 Å². The lowest BCUT2D eigenvalue weighted by Crippen LogP contribution is -2.39. The number of hydrogen-bond acceptors (Lipinski definition) is 9. The van der Waals surface area contributed by atoms with Gasteiger partial charge in [0.2, 0.25) is 0 Å². The second-order valence-electron chi connectivity index (χ2n) is 14.3. The van der Waals surface area contributed by atoms with Gasteiger partial charge < -0.3 is 30.9 Å². The Morgan fingerprint density at radius 3 is 1.77 bits per heavy atom. The quantitative estimate of drug-likeness (QED) is 0.0930. The number of aliphatic hydroxyl groups is 1. The number of benzene rings is 2. The number of pyridine rings is 2. The van der Waals surface area contributed by atoms with E-state index in [1.165, 1.54) is 5.56 Å². The zero-order valence-corrected chi connectivity index (χ0v) is 30.1. The minimum absolute atomic E-state index is 0.219. The first-order valence-electron chi connectivity index (χ1n) is 18.4. The van der Waals surface area contributed by atoms with Crippen molar-refractivity contribution in [1.82, 2.24) is 20.6 Å². The van der Waals surface area contributed by atoms with Gasteiger partial charge >= 0.3 is 5.97 Å². The normalized spacial score (nSPS) is 17.4. The van der Waals surface area contributed by atoms with Gasteiger partial charge in [0, 0.05) is 49.5 Å². The molecule has 3 heterocycles. The Morgan fingerprint density at radius 1 is 0.792 bits per heavy atom. The first-order chi connectivity index (χ1) is 25.7. The van der Waals surface area contributed by atoms with E-state index in [0.29, 0.717) is 35.6 Å². The summed E-state index contributed by atoms with van der Waals surface area (Å²) in [6.07, 6.45) is 8.66. The van der Waals surface area contributed by atoms with Crippen LogP contribution in [0, 0.1) is 13.8 Å². The maximum Gasteiger partial charge on any atom is 0.323 e. The van der Waals surface area contributed by atoms with Crippen molar-refractivity contribution in [2.75, 3.05) is 30.5 Å². The van der Waals surface area contributed by atoms with E-state index in [1.807, 2.05) is 62.5 Å². The number of carboxylic acids is 1. The number of anilines is 2. The molecule has 3 aliphatic rings. The molecule has 53 heavy (non-hydrogen) atoms. The van der Waals surface area contributed by atoms with E-state index in [4.69, 9.17) is 4.74 Å². The summed E-state index contributed by atoms with van der Waals surface area (Å²) < 4.78 is 5.50. The molecule has 276 valence electrons. The molecule has 1 saturated heterocycles. The molecule has 12 heteroatoms. The van der Waals surface area contributed by atoms with Crippen LogP contribution in [-0.4, -0.2) is 69.9 Å². The Balaban J connectivity index is 1.05. The second-order valence-corrected chi connectivity index (χ2v) is 14.3. The predicted molar refractivity (Wildman–Crippen MR) is 201 cm³/mol. The van der Waals surface area contributed by atoms with Crippen molar-refractivity contribution in [3.63, 3.8) is 0 Å². The molecule has 4 aromatic rings. The summed E-state index contributed by atoms with van der Waals surface area (Å²) in [7, 11) is 0. The molecule has 12 nitrogen and oxygen atoms in total. The molecule has 1 aliphatic heterocycles. The Morgan fingerprint density at radius 2 is 1.32 bits per heavy atom. The molecule has 2 aromatic carbocycles. The van der Waals surface area contributed by atoms with Crippen LogP contribution in [0.4, 0.5) is 11.4 Å². The van der Waals surface area contributed by atoms with E-state index in [0.717, 1.165) is 84.3 Å². The molecule has 2 amide bonds. The number of carboxylic acid groups (broad SMARTS) is 1. The third-order valence-corrected chi connectivity index (χ3v) is 10.5. The van der Waals surface area contributed by atoms with Gasteiger partial charge in [-0.25, -0.2) is 0 Å². The second kappa shape index (κ2) is 15.9. The summed E-state index contributed by atoms with van der Waals surface area (Å²) >= 11 is 0. The standard InChI is InChI=1S/C41H46N6O6/c1-23-30(5-3-7-34(23)46-39(49)36-15-32(25-9-10-25)27(18-43-36)17-42-29-13-14-53-22-29)31-6-4-8-35(24(31)2)47-40(50)37-16-33(26-11-12-26)28(19-44-37)20-45-38(21-48)41(51)52/h3-8,15-16,18-19,25-26,29,38,42,45,48H,9-14,17,20-22H2,1-2H3,(H,46,49)(H,47,50)(H,51,52)/t29-,38+/m0/s1. The summed E-state index contributed by atoms with van der Waals surface area (Å²) in [4.78, 5) is 47.4. The molecule has 0 unspecified atom stereocenters. The fourth-order valence-corrected chi connectivity index (χ4v) is 7.00. The highest BCUT2D eigenvalue weighted by Gasteiger charge is 2.29. The smallest absolute Gasteiger partial charge is 0.323 e. The highest BCUT2D eigenvalue weighted by molar-refractivity contribution is 6.05. The van der Waals surface area contributed by atoms with Gasteiger partial charge in [0.25, 0.3) is 11.8 Å². The molecule has 2 atom stereocenters. The van der Waals surface area contributed by atoms with E-state index in [9.17, 15) is 24.6 Å². The lowest BCUT2D eigenvalue weighted by atomic mass is 9.94. The average molecular weight is 719 g/mol. The number of ether oxygens (including phenoxy) is 1. The number of aliphatic hydroxyl groups excluding tert-OH is 1. The molecular weight excluding hydrogens is 672 g/mol. The average Bonchev–Trinajstić information content (AvgIpc) is 4.11. The summed E-state index contributed by atoms with van der Waals surface area (Å²) in [6.45, 7) is 5.83. The zero-order valence-electron chi connectivity index (χ0n) is 30.1. The van der Waals surface area contributed by atoms with Crippen molar-refractivity contribution < 1.29 is 29.3 Å². The molecule has 6 N–H and O–H groups in total. The zero-order chi connectivity index (χ0) is 37.1. The molecule has 0 bridgehead atoms. The Bertz CT molecular complexity index is 2020. The molecule has 7 rings (SSSR count). The number of amides is 2. The molecule has 0 spiro atoms. The fourth-order valence-electron chi connectivity index (χ4n) is 7.00. The van der Waals surface area contributed by atoms with Gasteiger partial charge in [-0.15, -0.1) is 0 Å². The lowest BCUT2D eigenvalue weighted by Gasteiger charge is -2.18. The lowest BCUT2D eigenvalue weighted by molar-refractivity contribution is -0.140. The Kier molecular flexibility index (Phi) is 10.9. The van der Waals surface area contributed by atoms with E-state index >= 15 is 0 Å². The van der Waals surface area contributed by atoms with Gasteiger partial charge in [-0.2, -0.15) is 0 Å². The summed E-state index contributed by atoms with van der Waals surface area (Å²) in [5.74, 6) is -0.993. The van der Waals surface area contributed by atoms with Crippen molar-refractivity contribution in [3.8, 4) is 11.1 Å². The van der Waals surface area contributed by atoms with Crippen LogP contribution in [0.15, 0.2) is 60.9 Å². The number of carbonyl (C=O) groups is 3. The molecule has 2 aliphatic carbocycles. The first kappa shape index (κ1) is 36.4. The summed E-state index contributed by atoms with van der Waals surface area (Å²) in [5.41, 5.74) is 9.67. The largest absolute Gasteiger partial charge is 0.480 e. The maximum absolute atomic E-state index is 13.6. The molecule has 3 fully saturated rings. The van der Waals surface area contributed by atoms with Crippen LogP contribution in [0.3, 0.4) is 0 Å². The third kappa shape index (κ3) is 8.47. The van der Waals surface area contributed by atoms with E-state index in [1.54, 1.807) is 12.3 Å². The van der Waals surface area contributed by atoms with Crippen molar-refractivity contribution in [2.45, 2.75) is 83.0 Å². The van der Waals surface area contributed by atoms with Crippen LogP contribution in [0.5, 0.6) is 0 Å². The SMILES string of the molecule is Cc1c(NC(=O)c2cc(C3CC3)c(CN[C@H]3CCOC3)cn2)cccc1-c1cccc(NC(=O)c2cc(C3CC3)c(CN[C@H](CO)C(=O)O)cn2)c1C. The topological polar surface area (TPSA) is 175 Å². The number of carbonyl (C=O) groups excluding carboxylic acids is 2. The van der Waals surface area contributed by atoms with Crippen LogP contribution in [0.2, 0.25) is 0 Å². The van der Waals surface area contributed by atoms with Crippen molar-refractivity contribution in [1.29, 1.82) is 0 Å². The molecular formula is C41H46N6O6. The maximum atomic E-state index is 13.6. The van der Waals surface area contributed by atoms with Gasteiger partial charge in [-0.05, 0) is 127 Å². The number of nitrogens with one attached hydrogen (secondary N) is 4. The summed E-state index contributed by atoms with van der Waals surface area (Å²) in [6, 6.07) is 14.5. The van der Waals surface area contributed by atoms with Gasteiger partial charge in [0.15, 0.2) is 0 Å². The molecule has 2 aromatic heterocycles. The Hall–Kier alpha value is -5.01. The van der Waals surface area contributed by atoms with Gasteiger partial charge in [0.05, 0.1) is 13.2 Å². The number of nitrogens with zero attached hydrogens (tertiary/aromatic N) is 2. The van der Waals surface area contributed by atoms with Gasteiger partial charge in [-0.3, -0.25) is 29.7 Å². The van der Waals surface area contributed by atoms with E-state index < -0.39 is 18.6 Å². The molecule has 0 radical (unpaired) electrons. The van der Waals surface area contributed by atoms with Crippen molar-refractivity contribution >= 4 is 29.2 Å². The monoisotopic (exact) mass is 718 g/mol. The van der Waals surface area contributed by atoms with Gasteiger partial charge in [-0.1, -0.05) is 24.3 Å². The molecule has 2 saturated carbocycles. The van der Waals surface area contributed by atoms with Gasteiger partial charge in [0.1, 0.15) is 17.4 Å². The highest BCUT2D eigenvalue weighted by Crippen LogP contribution is 2.43. The fraction of sp³-hybridized carbons (Fsp3) is 0.390. The van der Waals surface area contributed by atoms with Crippen molar-refractivity contribution in [2.24, 2.45) is 0 Å². The highest BCUT2D eigenvalue weighted by atomic mass is 16.5. The van der Waals surface area contributed by atoms with Crippen molar-refractivity contribution in [3.05, 3.63) is 106 Å². The first-order valence-corrected chi connectivity index (χ1v) is 18.4. The number of aromatic nitrogens is 2. The minimum Gasteiger partial charge on any atom is -0.480 e. The predicted octanol–water partition coefficient (Wildman–Crippen LogP) is 5.43. The Labute approximate surface area is 308 Å². The van der Waals surface area contributed by atoms with E-state index in [-0.39, 0.29) is 30.0 Å². The minimum atomic E-state index is -1.13.